The predicted octanol–water partition coefficient (Wildman–Crippen LogP) is 6.37. The first-order valence-corrected chi connectivity index (χ1v) is 11.0. The van der Waals surface area contributed by atoms with Crippen LogP contribution in [0.1, 0.15) is 16.7 Å². The molecular weight excluding hydrogens is 469 g/mol. The molecule has 5 rings (SSSR count). The molecule has 34 heavy (non-hydrogen) atoms. The summed E-state index contributed by atoms with van der Waals surface area (Å²) in [6.45, 7) is 0.225. The molecule has 8 heteroatoms. The van der Waals surface area contributed by atoms with Crippen LogP contribution in [0.3, 0.4) is 0 Å². The highest BCUT2D eigenvalue weighted by Crippen LogP contribution is 2.37. The molecule has 2 heterocycles. The van der Waals surface area contributed by atoms with Crippen LogP contribution < -0.4 is 10.5 Å². The fraction of sp³-hybridized carbons (Fsp3) is 0.0385. The zero-order valence-electron chi connectivity index (χ0n) is 17.6. The molecule has 0 aliphatic rings. The average molecular weight is 484 g/mol. The third-order valence-corrected chi connectivity index (χ3v) is 6.12. The van der Waals surface area contributed by atoms with Crippen molar-refractivity contribution in [2.45, 2.75) is 6.61 Å². The van der Waals surface area contributed by atoms with E-state index in [4.69, 9.17) is 33.7 Å². The smallest absolute Gasteiger partial charge is 0.158 e. The van der Waals surface area contributed by atoms with Crippen LogP contribution in [0.5, 0.6) is 5.75 Å². The normalized spacial score (nSPS) is 10.8. The summed E-state index contributed by atoms with van der Waals surface area (Å²) in [5.74, 6) is 0.766. The minimum absolute atomic E-state index is 0.199. The Labute approximate surface area is 205 Å². The number of benzene rings is 3. The fourth-order valence-corrected chi connectivity index (χ4v) is 4.43. The van der Waals surface area contributed by atoms with Crippen LogP contribution in [0.15, 0.2) is 66.7 Å². The Hall–Kier alpha value is -4.23. The molecule has 2 aromatic heterocycles. The lowest BCUT2D eigenvalue weighted by atomic mass is 9.96. The van der Waals surface area contributed by atoms with Crippen molar-refractivity contribution < 1.29 is 4.74 Å². The van der Waals surface area contributed by atoms with Gasteiger partial charge in [0.05, 0.1) is 11.0 Å². The van der Waals surface area contributed by atoms with Crippen LogP contribution in [0.2, 0.25) is 10.0 Å². The van der Waals surface area contributed by atoms with Gasteiger partial charge in [0.2, 0.25) is 0 Å². The molecule has 2 N–H and O–H groups in total. The van der Waals surface area contributed by atoms with E-state index in [-0.39, 0.29) is 23.6 Å². The number of aromatic nitrogens is 2. The topological polar surface area (TPSA) is 100 Å². The Morgan fingerprint density at radius 2 is 1.74 bits per heavy atom. The number of para-hydroxylation sites is 2. The monoisotopic (exact) mass is 483 g/mol. The molecule has 0 saturated heterocycles. The second kappa shape index (κ2) is 8.61. The van der Waals surface area contributed by atoms with Crippen LogP contribution in [-0.2, 0) is 6.61 Å². The van der Waals surface area contributed by atoms with Gasteiger partial charge in [-0.1, -0.05) is 53.5 Å². The minimum Gasteiger partial charge on any atom is -0.489 e. The SMILES string of the molecule is N#Cc1c(-c2cccc(OCc3ccc(Cl)cc3Cl)c2)c(C#N)c2nc3ccccc3n2c1N. The van der Waals surface area contributed by atoms with Crippen LogP contribution in [0.4, 0.5) is 5.82 Å². The quantitative estimate of drug-likeness (QED) is 0.320. The van der Waals surface area contributed by atoms with Crippen LogP contribution in [0.25, 0.3) is 27.8 Å². The number of anilines is 1. The van der Waals surface area contributed by atoms with Crippen molar-refractivity contribution in [1.82, 2.24) is 9.38 Å². The van der Waals surface area contributed by atoms with Gasteiger partial charge < -0.3 is 10.5 Å². The van der Waals surface area contributed by atoms with E-state index in [9.17, 15) is 10.5 Å². The largest absolute Gasteiger partial charge is 0.489 e. The van der Waals surface area contributed by atoms with Gasteiger partial charge in [0.15, 0.2) is 5.65 Å². The summed E-state index contributed by atoms with van der Waals surface area (Å²) in [5.41, 5.74) is 10.5. The minimum atomic E-state index is 0.199. The number of nitrogen functional groups attached to an aromatic ring is 1. The second-order valence-electron chi connectivity index (χ2n) is 7.55. The van der Waals surface area contributed by atoms with E-state index in [1.807, 2.05) is 24.3 Å². The molecule has 0 spiro atoms. The van der Waals surface area contributed by atoms with Crippen molar-refractivity contribution in [2.24, 2.45) is 0 Å². The molecule has 0 bridgehead atoms. The zero-order chi connectivity index (χ0) is 23.8. The summed E-state index contributed by atoms with van der Waals surface area (Å²) >= 11 is 12.2. The Morgan fingerprint density at radius 3 is 2.50 bits per heavy atom. The first kappa shape index (κ1) is 21.6. The van der Waals surface area contributed by atoms with Crippen molar-refractivity contribution in [3.63, 3.8) is 0 Å². The van der Waals surface area contributed by atoms with E-state index < -0.39 is 0 Å². The molecule has 0 fully saturated rings. The number of rotatable bonds is 4. The van der Waals surface area contributed by atoms with Crippen molar-refractivity contribution in [3.05, 3.63) is 93.5 Å². The number of pyridine rings is 1. The predicted molar refractivity (Wildman–Crippen MR) is 133 cm³/mol. The maximum atomic E-state index is 10.1. The summed E-state index contributed by atoms with van der Waals surface area (Å²) in [6, 6.07) is 24.2. The van der Waals surface area contributed by atoms with Gasteiger partial charge in [-0.3, -0.25) is 4.40 Å². The van der Waals surface area contributed by atoms with E-state index in [2.05, 4.69) is 17.1 Å². The second-order valence-corrected chi connectivity index (χ2v) is 8.39. The van der Waals surface area contributed by atoms with E-state index >= 15 is 0 Å². The third kappa shape index (κ3) is 3.56. The number of ether oxygens (including phenoxy) is 1. The molecule has 0 saturated carbocycles. The molecule has 0 aliphatic carbocycles. The fourth-order valence-electron chi connectivity index (χ4n) is 3.96. The highest BCUT2D eigenvalue weighted by atomic mass is 35.5. The number of fused-ring (bicyclic) bond motifs is 3. The van der Waals surface area contributed by atoms with Gasteiger partial charge in [0.1, 0.15) is 41.4 Å². The van der Waals surface area contributed by atoms with Gasteiger partial charge in [-0.05, 0) is 42.0 Å². The van der Waals surface area contributed by atoms with Gasteiger partial charge in [-0.15, -0.1) is 0 Å². The lowest BCUT2D eigenvalue weighted by molar-refractivity contribution is 0.306. The molecule has 3 aromatic carbocycles. The third-order valence-electron chi connectivity index (χ3n) is 5.54. The molecular formula is C26H15Cl2N5O. The molecule has 5 aromatic rings. The molecule has 164 valence electrons. The molecule has 0 amide bonds. The summed E-state index contributed by atoms with van der Waals surface area (Å²) in [5, 5.41) is 21.1. The molecule has 0 radical (unpaired) electrons. The maximum Gasteiger partial charge on any atom is 0.158 e. The van der Waals surface area contributed by atoms with E-state index in [0.29, 0.717) is 38.1 Å². The summed E-state index contributed by atoms with van der Waals surface area (Å²) in [4.78, 5) is 4.62. The number of hydrogen-bond acceptors (Lipinski definition) is 5. The summed E-state index contributed by atoms with van der Waals surface area (Å²) in [7, 11) is 0. The number of hydrogen-bond donors (Lipinski definition) is 1. The van der Waals surface area contributed by atoms with E-state index in [1.165, 1.54) is 0 Å². The van der Waals surface area contributed by atoms with Crippen molar-refractivity contribution in [3.8, 4) is 29.0 Å². The van der Waals surface area contributed by atoms with Crippen molar-refractivity contribution in [2.75, 3.05) is 5.73 Å². The zero-order valence-corrected chi connectivity index (χ0v) is 19.1. The molecule has 0 unspecified atom stereocenters. The Bertz CT molecular complexity index is 1680. The number of imidazole rings is 1. The van der Waals surface area contributed by atoms with E-state index in [0.717, 1.165) is 11.1 Å². The lowest BCUT2D eigenvalue weighted by Gasteiger charge is -2.14. The van der Waals surface area contributed by atoms with Gasteiger partial charge in [0, 0.05) is 21.2 Å². The average Bonchev–Trinajstić information content (AvgIpc) is 3.23. The molecule has 6 nitrogen and oxygen atoms in total. The van der Waals surface area contributed by atoms with Crippen molar-refractivity contribution >= 4 is 45.7 Å². The van der Waals surface area contributed by atoms with Gasteiger partial charge in [0.25, 0.3) is 0 Å². The first-order valence-electron chi connectivity index (χ1n) is 10.2. The van der Waals surface area contributed by atoms with Crippen LogP contribution >= 0.6 is 23.2 Å². The number of halogens is 2. The van der Waals surface area contributed by atoms with E-state index in [1.54, 1.807) is 46.9 Å². The highest BCUT2D eigenvalue weighted by Gasteiger charge is 2.23. The van der Waals surface area contributed by atoms with Crippen LogP contribution in [0, 0.1) is 22.7 Å². The molecule has 0 aliphatic heterocycles. The van der Waals surface area contributed by atoms with Gasteiger partial charge in [-0.25, -0.2) is 4.98 Å². The Kier molecular flexibility index (Phi) is 5.47. The van der Waals surface area contributed by atoms with Gasteiger partial charge in [-0.2, -0.15) is 10.5 Å². The molecule has 0 atom stereocenters. The summed E-state index contributed by atoms with van der Waals surface area (Å²) < 4.78 is 7.59. The Balaban J connectivity index is 1.64. The van der Waals surface area contributed by atoms with Crippen LogP contribution in [-0.4, -0.2) is 9.38 Å². The number of nitrogens with two attached hydrogens (primary N) is 1. The standard InChI is InChI=1S/C26H15Cl2N5O/c27-17-9-8-16(21(28)11-17)14-34-18-5-3-4-15(10-18)24-19(12-29)25(31)33-23-7-2-1-6-22(23)32-26(33)20(24)13-30/h1-11H,14,31H2. The lowest BCUT2D eigenvalue weighted by Crippen LogP contribution is -2.06. The van der Waals surface area contributed by atoms with Gasteiger partial charge >= 0.3 is 0 Å². The van der Waals surface area contributed by atoms with Crippen molar-refractivity contribution in [1.29, 1.82) is 10.5 Å². The summed E-state index contributed by atoms with van der Waals surface area (Å²) in [6.07, 6.45) is 0. The number of nitriles is 2. The first-order chi connectivity index (χ1) is 16.5. The number of nitrogens with zero attached hydrogens (tertiary/aromatic N) is 4. The maximum absolute atomic E-state index is 10.1. The highest BCUT2D eigenvalue weighted by molar-refractivity contribution is 6.35. The Morgan fingerprint density at radius 1 is 0.941 bits per heavy atom.